The van der Waals surface area contributed by atoms with Crippen molar-refractivity contribution >= 4 is 52.5 Å². The quantitative estimate of drug-likeness (QED) is 0.0824. The number of para-hydroxylation sites is 4. The van der Waals surface area contributed by atoms with E-state index in [9.17, 15) is 19.2 Å². The maximum atomic E-state index is 11.9. The number of hydrogen-bond donors (Lipinski definition) is 3. The van der Waals surface area contributed by atoms with Gasteiger partial charge in [0.2, 0.25) is 0 Å². The molecule has 0 radical (unpaired) electrons. The Balaban J connectivity index is 0.000000179. The number of ether oxygens (including phenoxy) is 4. The predicted octanol–water partition coefficient (Wildman–Crippen LogP) is 7.90. The van der Waals surface area contributed by atoms with Crippen molar-refractivity contribution in [2.75, 3.05) is 24.3 Å². The van der Waals surface area contributed by atoms with Crippen molar-refractivity contribution in [3.63, 3.8) is 0 Å². The van der Waals surface area contributed by atoms with E-state index in [0.29, 0.717) is 61.6 Å². The van der Waals surface area contributed by atoms with Crippen molar-refractivity contribution in [2.24, 2.45) is 0 Å². The van der Waals surface area contributed by atoms with Gasteiger partial charge in [-0.25, -0.2) is 19.2 Å². The minimum atomic E-state index is -0.547. The average molecular weight is 732 g/mol. The minimum absolute atomic E-state index is 0.296. The van der Waals surface area contributed by atoms with E-state index in [0.717, 1.165) is 0 Å². The fraction of sp³-hybridized carbons (Fsp3) is 0.0244. The fourth-order valence-corrected chi connectivity index (χ4v) is 4.43. The number of benzene rings is 6. The van der Waals surface area contributed by atoms with Crippen LogP contribution in [0.2, 0.25) is 5.02 Å². The number of carbonyl (C=O) groups is 4. The second-order valence-electron chi connectivity index (χ2n) is 10.7. The molecule has 12 heteroatoms. The standard InChI is InChI=1S/C15H13NO4.C13H10ClNO2.C13H11NO2/c1-19-14(17)10-6-8-11(9-7-10)20-15(18)12-4-2-3-5-13(12)16;14-9-5-7-10(8-6-9)17-13(16)11-3-1-2-4-12(11)15;14-12-9-5-4-8-11(12)13(15)16-10-6-2-1-3-7-10/h2-9H,16H2,1H3;1-8H,15H2;1-9H,14H2. The molecule has 6 rings (SSSR count). The average Bonchev–Trinajstić information content (AvgIpc) is 3.17. The van der Waals surface area contributed by atoms with Gasteiger partial charge in [0.1, 0.15) is 17.2 Å². The number of nitrogen functional groups attached to an aromatic ring is 3. The van der Waals surface area contributed by atoms with Gasteiger partial charge in [0, 0.05) is 22.1 Å². The number of hydrogen-bond acceptors (Lipinski definition) is 11. The van der Waals surface area contributed by atoms with Crippen molar-refractivity contribution in [2.45, 2.75) is 0 Å². The van der Waals surface area contributed by atoms with E-state index in [1.54, 1.807) is 121 Å². The van der Waals surface area contributed by atoms with E-state index in [4.69, 9.17) is 43.0 Å². The second-order valence-corrected chi connectivity index (χ2v) is 11.1. The van der Waals surface area contributed by atoms with Crippen molar-refractivity contribution < 1.29 is 38.1 Å². The first-order valence-corrected chi connectivity index (χ1v) is 16.1. The van der Waals surface area contributed by atoms with Gasteiger partial charge in [-0.3, -0.25) is 0 Å². The lowest BCUT2D eigenvalue weighted by molar-refractivity contribution is 0.0599. The highest BCUT2D eigenvalue weighted by molar-refractivity contribution is 6.30. The Labute approximate surface area is 310 Å². The Hall–Kier alpha value is -7.11. The predicted molar refractivity (Wildman–Crippen MR) is 203 cm³/mol. The van der Waals surface area contributed by atoms with Crippen LogP contribution in [0.3, 0.4) is 0 Å². The third-order valence-corrected chi connectivity index (χ3v) is 7.26. The molecule has 0 aliphatic heterocycles. The summed E-state index contributed by atoms with van der Waals surface area (Å²) in [7, 11) is 1.30. The summed E-state index contributed by atoms with van der Waals surface area (Å²) in [5, 5.41) is 0.587. The summed E-state index contributed by atoms with van der Waals surface area (Å²) in [6, 6.07) is 41.7. The summed E-state index contributed by atoms with van der Waals surface area (Å²) in [5.74, 6) is -0.650. The first-order valence-electron chi connectivity index (χ1n) is 15.7. The van der Waals surface area contributed by atoms with Crippen LogP contribution in [0.1, 0.15) is 41.4 Å². The van der Waals surface area contributed by atoms with Crippen molar-refractivity contribution in [1.29, 1.82) is 0 Å². The van der Waals surface area contributed by atoms with Crippen LogP contribution in [0.4, 0.5) is 17.1 Å². The van der Waals surface area contributed by atoms with Crippen LogP contribution in [0, 0.1) is 0 Å². The third-order valence-electron chi connectivity index (χ3n) is 7.01. The largest absolute Gasteiger partial charge is 0.465 e. The van der Waals surface area contributed by atoms with Crippen LogP contribution in [-0.2, 0) is 4.74 Å². The molecule has 11 nitrogen and oxygen atoms in total. The van der Waals surface area contributed by atoms with E-state index < -0.39 is 23.9 Å². The van der Waals surface area contributed by atoms with Crippen molar-refractivity contribution in [3.8, 4) is 17.2 Å². The maximum Gasteiger partial charge on any atom is 0.345 e. The molecule has 6 N–H and O–H groups in total. The molecular weight excluding hydrogens is 698 g/mol. The van der Waals surface area contributed by atoms with E-state index in [2.05, 4.69) is 4.74 Å². The van der Waals surface area contributed by atoms with Crippen LogP contribution in [0.15, 0.2) is 152 Å². The molecular formula is C41H34ClN3O8. The highest BCUT2D eigenvalue weighted by atomic mass is 35.5. The molecule has 0 fully saturated rings. The zero-order chi connectivity index (χ0) is 38.2. The minimum Gasteiger partial charge on any atom is -0.465 e. The van der Waals surface area contributed by atoms with Gasteiger partial charge in [0.05, 0.1) is 29.4 Å². The number of rotatable bonds is 7. The molecule has 0 aromatic heterocycles. The van der Waals surface area contributed by atoms with Gasteiger partial charge in [0.15, 0.2) is 0 Å². The first kappa shape index (κ1) is 38.7. The Morgan fingerprint density at radius 1 is 0.415 bits per heavy atom. The van der Waals surface area contributed by atoms with Gasteiger partial charge in [-0.05, 0) is 97.1 Å². The number of halogens is 1. The van der Waals surface area contributed by atoms with Gasteiger partial charge in [-0.15, -0.1) is 0 Å². The topological polar surface area (TPSA) is 183 Å². The number of anilines is 3. The Morgan fingerprint density at radius 2 is 0.736 bits per heavy atom. The molecule has 0 saturated carbocycles. The van der Waals surface area contributed by atoms with Crippen molar-refractivity contribution in [1.82, 2.24) is 0 Å². The second kappa shape index (κ2) is 19.3. The molecule has 0 amide bonds. The number of nitrogens with two attached hydrogens (primary N) is 3. The monoisotopic (exact) mass is 731 g/mol. The molecule has 53 heavy (non-hydrogen) atoms. The Morgan fingerprint density at radius 3 is 1.09 bits per heavy atom. The summed E-state index contributed by atoms with van der Waals surface area (Å²) in [6.07, 6.45) is 0. The summed E-state index contributed by atoms with van der Waals surface area (Å²) < 4.78 is 20.1. The summed E-state index contributed by atoms with van der Waals surface area (Å²) in [6.45, 7) is 0. The number of carbonyl (C=O) groups excluding carboxylic acids is 4. The van der Waals surface area contributed by atoms with E-state index in [-0.39, 0.29) is 0 Å². The van der Waals surface area contributed by atoms with Crippen LogP contribution >= 0.6 is 11.6 Å². The smallest absolute Gasteiger partial charge is 0.345 e. The Bertz CT molecular complexity index is 2160. The van der Waals surface area contributed by atoms with Crippen LogP contribution in [0.5, 0.6) is 17.2 Å². The van der Waals surface area contributed by atoms with E-state index in [1.807, 2.05) is 6.07 Å². The number of methoxy groups -OCH3 is 1. The lowest BCUT2D eigenvalue weighted by Gasteiger charge is -2.06. The molecule has 0 saturated heterocycles. The fourth-order valence-electron chi connectivity index (χ4n) is 4.30. The maximum absolute atomic E-state index is 11.9. The lowest BCUT2D eigenvalue weighted by Crippen LogP contribution is -2.11. The van der Waals surface area contributed by atoms with Crippen molar-refractivity contribution in [3.05, 3.63) is 179 Å². The molecule has 6 aromatic rings. The molecule has 0 aliphatic carbocycles. The van der Waals surface area contributed by atoms with E-state index in [1.165, 1.54) is 31.4 Å². The molecule has 0 aliphatic rings. The normalized spacial score (nSPS) is 9.85. The number of esters is 4. The summed E-state index contributed by atoms with van der Waals surface area (Å²) >= 11 is 5.73. The molecule has 268 valence electrons. The third kappa shape index (κ3) is 11.7. The summed E-state index contributed by atoms with van der Waals surface area (Å²) in [5.41, 5.74) is 19.6. The first-order chi connectivity index (χ1) is 25.5. The lowest BCUT2D eigenvalue weighted by atomic mass is 10.2. The Kier molecular flexibility index (Phi) is 14.1. The van der Waals surface area contributed by atoms with Gasteiger partial charge in [-0.1, -0.05) is 66.2 Å². The van der Waals surface area contributed by atoms with Gasteiger partial charge < -0.3 is 36.1 Å². The highest BCUT2D eigenvalue weighted by Gasteiger charge is 2.14. The molecule has 0 heterocycles. The molecule has 0 bridgehead atoms. The highest BCUT2D eigenvalue weighted by Crippen LogP contribution is 2.20. The van der Waals surface area contributed by atoms with Crippen LogP contribution in [0.25, 0.3) is 0 Å². The summed E-state index contributed by atoms with van der Waals surface area (Å²) in [4.78, 5) is 46.7. The van der Waals surface area contributed by atoms with Gasteiger partial charge >= 0.3 is 23.9 Å². The van der Waals surface area contributed by atoms with Gasteiger partial charge in [-0.2, -0.15) is 0 Å². The van der Waals surface area contributed by atoms with Crippen LogP contribution < -0.4 is 31.4 Å². The zero-order valence-corrected chi connectivity index (χ0v) is 29.1. The molecule has 0 spiro atoms. The van der Waals surface area contributed by atoms with Gasteiger partial charge in [0.25, 0.3) is 0 Å². The SMILES string of the molecule is COC(=O)c1ccc(OC(=O)c2ccccc2N)cc1.Nc1ccccc1C(=O)Oc1ccc(Cl)cc1.Nc1ccccc1C(=O)Oc1ccccc1. The molecule has 6 aromatic carbocycles. The van der Waals surface area contributed by atoms with Crippen LogP contribution in [-0.4, -0.2) is 31.0 Å². The molecule has 0 unspecified atom stereocenters. The van der Waals surface area contributed by atoms with E-state index >= 15 is 0 Å². The zero-order valence-electron chi connectivity index (χ0n) is 28.3. The molecule has 0 atom stereocenters.